The Bertz CT molecular complexity index is 1030. The van der Waals surface area contributed by atoms with Crippen LogP contribution in [-0.2, 0) is 11.8 Å². The quantitative estimate of drug-likeness (QED) is 0.319. The molecule has 1 amide bonds. The van der Waals surface area contributed by atoms with Gasteiger partial charge in [0, 0.05) is 17.1 Å². The van der Waals surface area contributed by atoms with Crippen molar-refractivity contribution in [1.82, 2.24) is 20.2 Å². The minimum atomic E-state index is -0.213. The molecule has 1 aromatic heterocycles. The first-order chi connectivity index (χ1) is 14.0. The number of hydrazone groups is 1. The maximum atomic E-state index is 12.2. The molecule has 0 radical (unpaired) electrons. The lowest BCUT2D eigenvalue weighted by Crippen LogP contribution is -2.21. The first-order valence-corrected chi connectivity index (χ1v) is 10.5. The minimum Gasteiger partial charge on any atom is -0.497 e. The number of nitrogens with zero attached hydrogens (tertiary/aromatic N) is 4. The van der Waals surface area contributed by atoms with Gasteiger partial charge in [-0.3, -0.25) is 4.79 Å². The van der Waals surface area contributed by atoms with E-state index in [0.717, 1.165) is 27.2 Å². The molecular weight excluding hydrogens is 454 g/mol. The summed E-state index contributed by atoms with van der Waals surface area (Å²) >= 11 is 4.77. The summed E-state index contributed by atoms with van der Waals surface area (Å²) in [7, 11) is 3.50. The summed E-state index contributed by atoms with van der Waals surface area (Å²) in [6.07, 6.45) is 0. The molecule has 2 aromatic carbocycles. The number of amides is 1. The molecule has 29 heavy (non-hydrogen) atoms. The molecule has 0 aliphatic rings. The van der Waals surface area contributed by atoms with Gasteiger partial charge in [0.15, 0.2) is 11.0 Å². The van der Waals surface area contributed by atoms with Gasteiger partial charge < -0.3 is 9.30 Å². The Morgan fingerprint density at radius 3 is 2.69 bits per heavy atom. The molecule has 7 nitrogen and oxygen atoms in total. The standard InChI is InChI=1S/C20H20BrN5O2S/c1-13(14-7-9-17(28-3)10-8-14)22-23-18(27)12-29-20-25-24-19(26(20)2)15-5-4-6-16(21)11-15/h4-11H,12H2,1-3H3,(H,23,27)/b22-13+. The number of rotatable bonds is 7. The highest BCUT2D eigenvalue weighted by Gasteiger charge is 2.13. The van der Waals surface area contributed by atoms with Gasteiger partial charge in [0.2, 0.25) is 0 Å². The van der Waals surface area contributed by atoms with Gasteiger partial charge in [0.1, 0.15) is 5.75 Å². The van der Waals surface area contributed by atoms with E-state index < -0.39 is 0 Å². The number of nitrogens with one attached hydrogen (secondary N) is 1. The summed E-state index contributed by atoms with van der Waals surface area (Å²) in [5, 5.41) is 13.2. The second kappa shape index (κ2) is 9.71. The van der Waals surface area contributed by atoms with E-state index in [1.807, 2.05) is 67.1 Å². The van der Waals surface area contributed by atoms with Crippen molar-refractivity contribution in [3.8, 4) is 17.1 Å². The fraction of sp³-hybridized carbons (Fsp3) is 0.200. The van der Waals surface area contributed by atoms with Gasteiger partial charge >= 0.3 is 0 Å². The van der Waals surface area contributed by atoms with E-state index in [2.05, 4.69) is 36.7 Å². The van der Waals surface area contributed by atoms with E-state index >= 15 is 0 Å². The molecule has 150 valence electrons. The molecule has 0 aliphatic carbocycles. The van der Waals surface area contributed by atoms with Crippen LogP contribution in [0.1, 0.15) is 12.5 Å². The first kappa shape index (κ1) is 21.1. The average molecular weight is 474 g/mol. The smallest absolute Gasteiger partial charge is 0.250 e. The van der Waals surface area contributed by atoms with Crippen LogP contribution < -0.4 is 10.2 Å². The van der Waals surface area contributed by atoms with Crippen molar-refractivity contribution in [1.29, 1.82) is 0 Å². The number of aromatic nitrogens is 3. The van der Waals surface area contributed by atoms with E-state index in [4.69, 9.17) is 4.74 Å². The molecule has 0 aliphatic heterocycles. The van der Waals surface area contributed by atoms with Crippen LogP contribution >= 0.6 is 27.7 Å². The number of hydrogen-bond donors (Lipinski definition) is 1. The topological polar surface area (TPSA) is 81.4 Å². The Labute approximate surface area is 181 Å². The van der Waals surface area contributed by atoms with Crippen LogP contribution in [0, 0.1) is 0 Å². The summed E-state index contributed by atoms with van der Waals surface area (Å²) in [6.45, 7) is 1.84. The average Bonchev–Trinajstić information content (AvgIpc) is 3.11. The van der Waals surface area contributed by atoms with Gasteiger partial charge in [-0.2, -0.15) is 5.10 Å². The molecule has 1 heterocycles. The fourth-order valence-electron chi connectivity index (χ4n) is 2.52. The lowest BCUT2D eigenvalue weighted by molar-refractivity contribution is -0.118. The molecule has 0 unspecified atom stereocenters. The molecule has 9 heteroatoms. The van der Waals surface area contributed by atoms with E-state index in [-0.39, 0.29) is 11.7 Å². The number of methoxy groups -OCH3 is 1. The molecule has 0 saturated carbocycles. The highest BCUT2D eigenvalue weighted by atomic mass is 79.9. The molecule has 0 spiro atoms. The van der Waals surface area contributed by atoms with Gasteiger partial charge in [-0.1, -0.05) is 39.8 Å². The Kier molecular flexibility index (Phi) is 7.05. The second-order valence-corrected chi connectivity index (χ2v) is 7.98. The number of carbonyl (C=O) groups excluding carboxylic acids is 1. The summed E-state index contributed by atoms with van der Waals surface area (Å²) < 4.78 is 7.97. The molecule has 1 N–H and O–H groups in total. The molecule has 3 rings (SSSR count). The summed E-state index contributed by atoms with van der Waals surface area (Å²) in [6, 6.07) is 15.3. The van der Waals surface area contributed by atoms with Crippen molar-refractivity contribution in [2.75, 3.05) is 12.9 Å². The van der Waals surface area contributed by atoms with E-state index in [1.54, 1.807) is 7.11 Å². The Morgan fingerprint density at radius 2 is 2.00 bits per heavy atom. The lowest BCUT2D eigenvalue weighted by Gasteiger charge is -2.05. The first-order valence-electron chi connectivity index (χ1n) is 8.73. The maximum absolute atomic E-state index is 12.2. The van der Waals surface area contributed by atoms with E-state index in [1.165, 1.54) is 11.8 Å². The number of ether oxygens (including phenoxy) is 1. The number of thioether (sulfide) groups is 1. The zero-order chi connectivity index (χ0) is 20.8. The van der Waals surface area contributed by atoms with Gasteiger partial charge in [0.05, 0.1) is 18.6 Å². The zero-order valence-corrected chi connectivity index (χ0v) is 18.6. The molecule has 0 atom stereocenters. The van der Waals surface area contributed by atoms with Crippen LogP contribution in [-0.4, -0.2) is 39.2 Å². The van der Waals surface area contributed by atoms with Crippen molar-refractivity contribution in [3.05, 3.63) is 58.6 Å². The van der Waals surface area contributed by atoms with Crippen LogP contribution in [0.25, 0.3) is 11.4 Å². The van der Waals surface area contributed by atoms with Crippen LogP contribution in [0.4, 0.5) is 0 Å². The van der Waals surface area contributed by atoms with Gasteiger partial charge in [-0.05, 0) is 48.9 Å². The summed E-state index contributed by atoms with van der Waals surface area (Å²) in [5.41, 5.74) is 5.15. The van der Waals surface area contributed by atoms with Crippen LogP contribution in [0.2, 0.25) is 0 Å². The van der Waals surface area contributed by atoms with Crippen molar-refractivity contribution >= 4 is 39.3 Å². The lowest BCUT2D eigenvalue weighted by atomic mass is 10.1. The molecule has 3 aromatic rings. The van der Waals surface area contributed by atoms with Crippen LogP contribution in [0.3, 0.4) is 0 Å². The number of halogens is 1. The minimum absolute atomic E-state index is 0.184. The Morgan fingerprint density at radius 1 is 1.24 bits per heavy atom. The van der Waals surface area contributed by atoms with Crippen molar-refractivity contribution in [3.63, 3.8) is 0 Å². The number of hydrogen-bond acceptors (Lipinski definition) is 6. The van der Waals surface area contributed by atoms with Crippen LogP contribution in [0.5, 0.6) is 5.75 Å². The van der Waals surface area contributed by atoms with Crippen LogP contribution in [0.15, 0.2) is 63.3 Å². The molecular formula is C20H20BrN5O2S. The third-order valence-electron chi connectivity index (χ3n) is 4.11. The zero-order valence-electron chi connectivity index (χ0n) is 16.2. The SMILES string of the molecule is COc1ccc(/C(C)=N/NC(=O)CSc2nnc(-c3cccc(Br)c3)n2C)cc1. The Balaban J connectivity index is 1.58. The molecule has 0 bridgehead atoms. The van der Waals surface area contributed by atoms with E-state index in [0.29, 0.717) is 10.9 Å². The molecule has 0 saturated heterocycles. The highest BCUT2D eigenvalue weighted by molar-refractivity contribution is 9.10. The van der Waals surface area contributed by atoms with E-state index in [9.17, 15) is 4.79 Å². The van der Waals surface area contributed by atoms with Gasteiger partial charge in [-0.25, -0.2) is 5.43 Å². The van der Waals surface area contributed by atoms with Gasteiger partial charge in [-0.15, -0.1) is 10.2 Å². The Hall–Kier alpha value is -2.65. The third-order valence-corrected chi connectivity index (χ3v) is 5.62. The number of carbonyl (C=O) groups is 1. The maximum Gasteiger partial charge on any atom is 0.250 e. The normalized spacial score (nSPS) is 11.4. The fourth-order valence-corrected chi connectivity index (χ4v) is 3.63. The predicted octanol–water partition coefficient (Wildman–Crippen LogP) is 3.89. The highest BCUT2D eigenvalue weighted by Crippen LogP contribution is 2.24. The summed E-state index contributed by atoms with van der Waals surface area (Å²) in [5.74, 6) is 1.48. The molecule has 0 fully saturated rings. The van der Waals surface area contributed by atoms with Crippen molar-refractivity contribution in [2.45, 2.75) is 12.1 Å². The van der Waals surface area contributed by atoms with Crippen molar-refractivity contribution < 1.29 is 9.53 Å². The third kappa shape index (κ3) is 5.45. The van der Waals surface area contributed by atoms with Gasteiger partial charge in [0.25, 0.3) is 5.91 Å². The predicted molar refractivity (Wildman–Crippen MR) is 118 cm³/mol. The van der Waals surface area contributed by atoms with Crippen molar-refractivity contribution in [2.24, 2.45) is 12.1 Å². The summed E-state index contributed by atoms with van der Waals surface area (Å²) in [4.78, 5) is 12.2. The largest absolute Gasteiger partial charge is 0.497 e. The number of benzene rings is 2. The second-order valence-electron chi connectivity index (χ2n) is 6.12. The monoisotopic (exact) mass is 473 g/mol.